The van der Waals surface area contributed by atoms with Crippen molar-refractivity contribution in [2.75, 3.05) is 5.75 Å². The lowest BCUT2D eigenvalue weighted by molar-refractivity contribution is 0.494. The van der Waals surface area contributed by atoms with Crippen molar-refractivity contribution in [2.24, 2.45) is 5.84 Å². The maximum Gasteiger partial charge on any atom is 0.123 e. The number of hydrazine groups is 1. The normalized spacial score (nSPS) is 22.2. The summed E-state index contributed by atoms with van der Waals surface area (Å²) < 4.78 is 13.0. The molecule has 1 fully saturated rings. The van der Waals surface area contributed by atoms with E-state index < -0.39 is 0 Å². The van der Waals surface area contributed by atoms with E-state index in [0.717, 1.165) is 12.0 Å². The molecule has 0 aliphatic carbocycles. The first kappa shape index (κ1) is 11.9. The molecule has 0 bridgehead atoms. The highest BCUT2D eigenvalue weighted by Crippen LogP contribution is 2.29. The molecule has 1 saturated heterocycles. The molecule has 1 aliphatic heterocycles. The third-order valence-corrected chi connectivity index (χ3v) is 4.49. The number of rotatable bonds is 4. The maximum atomic E-state index is 13.0. The Bertz CT molecular complexity index is 340. The molecule has 0 amide bonds. The molecule has 4 heteroatoms. The number of thioether (sulfide) groups is 1. The van der Waals surface area contributed by atoms with Crippen LogP contribution in [-0.4, -0.2) is 17.0 Å². The van der Waals surface area contributed by atoms with Crippen molar-refractivity contribution >= 4 is 11.8 Å². The number of benzene rings is 1. The van der Waals surface area contributed by atoms with Crippen LogP contribution in [0.1, 0.15) is 18.4 Å². The van der Waals surface area contributed by atoms with Crippen molar-refractivity contribution in [3.63, 3.8) is 0 Å². The average molecular weight is 240 g/mol. The zero-order chi connectivity index (χ0) is 11.4. The van der Waals surface area contributed by atoms with E-state index in [4.69, 9.17) is 5.84 Å². The van der Waals surface area contributed by atoms with Crippen molar-refractivity contribution in [2.45, 2.75) is 30.6 Å². The van der Waals surface area contributed by atoms with E-state index >= 15 is 0 Å². The number of nitrogens with two attached hydrogens (primary N) is 1. The minimum atomic E-state index is -0.174. The molecule has 3 N–H and O–H groups in total. The fourth-order valence-electron chi connectivity index (χ4n) is 2.14. The second-order valence-electron chi connectivity index (χ2n) is 4.16. The van der Waals surface area contributed by atoms with Crippen LogP contribution < -0.4 is 11.3 Å². The summed E-state index contributed by atoms with van der Waals surface area (Å²) in [5.41, 5.74) is 3.88. The van der Waals surface area contributed by atoms with Crippen LogP contribution in [0, 0.1) is 5.82 Å². The van der Waals surface area contributed by atoms with E-state index in [1.807, 2.05) is 17.8 Å². The van der Waals surface area contributed by atoms with Gasteiger partial charge in [-0.05, 0) is 42.7 Å². The quantitative estimate of drug-likeness (QED) is 0.625. The van der Waals surface area contributed by atoms with Crippen LogP contribution in [0.5, 0.6) is 0 Å². The van der Waals surface area contributed by atoms with Crippen LogP contribution in [-0.2, 0) is 6.42 Å². The van der Waals surface area contributed by atoms with E-state index in [1.54, 1.807) is 12.1 Å². The molecule has 16 heavy (non-hydrogen) atoms. The Morgan fingerprint density at radius 3 is 3.06 bits per heavy atom. The zero-order valence-corrected chi connectivity index (χ0v) is 9.97. The fraction of sp³-hybridized carbons (Fsp3) is 0.500. The third-order valence-electron chi connectivity index (χ3n) is 2.97. The Kier molecular flexibility index (Phi) is 4.21. The van der Waals surface area contributed by atoms with Crippen LogP contribution in [0.2, 0.25) is 0 Å². The molecule has 0 spiro atoms. The zero-order valence-electron chi connectivity index (χ0n) is 9.16. The van der Waals surface area contributed by atoms with Crippen molar-refractivity contribution < 1.29 is 4.39 Å². The highest BCUT2D eigenvalue weighted by molar-refractivity contribution is 8.00. The summed E-state index contributed by atoms with van der Waals surface area (Å²) in [6.45, 7) is 0. The second-order valence-corrected chi connectivity index (χ2v) is 5.51. The molecule has 2 unspecified atom stereocenters. The molecule has 1 aromatic carbocycles. The smallest absolute Gasteiger partial charge is 0.123 e. The largest absolute Gasteiger partial charge is 0.271 e. The number of halogens is 1. The summed E-state index contributed by atoms with van der Waals surface area (Å²) in [7, 11) is 0. The first-order valence-electron chi connectivity index (χ1n) is 5.62. The third kappa shape index (κ3) is 2.97. The molecule has 0 radical (unpaired) electrons. The van der Waals surface area contributed by atoms with Crippen molar-refractivity contribution in [1.29, 1.82) is 0 Å². The fourth-order valence-corrected chi connectivity index (χ4v) is 3.51. The average Bonchev–Trinajstić information content (AvgIpc) is 2.79. The summed E-state index contributed by atoms with van der Waals surface area (Å²) >= 11 is 1.96. The number of hydrogen-bond donors (Lipinski definition) is 2. The molecule has 0 aromatic heterocycles. The van der Waals surface area contributed by atoms with Gasteiger partial charge < -0.3 is 0 Å². The summed E-state index contributed by atoms with van der Waals surface area (Å²) in [4.78, 5) is 0. The summed E-state index contributed by atoms with van der Waals surface area (Å²) in [5, 5.41) is 0.563. The summed E-state index contributed by atoms with van der Waals surface area (Å²) in [5.74, 6) is 6.62. The molecule has 1 aliphatic rings. The van der Waals surface area contributed by atoms with E-state index in [0.29, 0.717) is 5.25 Å². The van der Waals surface area contributed by atoms with Gasteiger partial charge in [-0.1, -0.05) is 12.1 Å². The van der Waals surface area contributed by atoms with Crippen LogP contribution in [0.3, 0.4) is 0 Å². The Balaban J connectivity index is 2.00. The molecule has 2 atom stereocenters. The van der Waals surface area contributed by atoms with E-state index in [9.17, 15) is 4.39 Å². The van der Waals surface area contributed by atoms with Gasteiger partial charge in [-0.2, -0.15) is 11.8 Å². The summed E-state index contributed by atoms with van der Waals surface area (Å²) in [6, 6.07) is 7.00. The predicted molar refractivity (Wildman–Crippen MR) is 66.7 cm³/mol. The van der Waals surface area contributed by atoms with Gasteiger partial charge in [-0.3, -0.25) is 11.3 Å². The molecule has 2 rings (SSSR count). The molecular weight excluding hydrogens is 223 g/mol. The van der Waals surface area contributed by atoms with Crippen molar-refractivity contribution in [3.05, 3.63) is 35.6 Å². The van der Waals surface area contributed by atoms with Gasteiger partial charge in [0.1, 0.15) is 5.82 Å². The molecule has 2 nitrogen and oxygen atoms in total. The van der Waals surface area contributed by atoms with Crippen LogP contribution in [0.15, 0.2) is 24.3 Å². The lowest BCUT2D eigenvalue weighted by Crippen LogP contribution is -2.43. The minimum absolute atomic E-state index is 0.174. The van der Waals surface area contributed by atoms with Gasteiger partial charge in [0, 0.05) is 11.3 Å². The van der Waals surface area contributed by atoms with Gasteiger partial charge >= 0.3 is 0 Å². The predicted octanol–water partition coefficient (Wildman–Crippen LogP) is 2.10. The van der Waals surface area contributed by atoms with Crippen LogP contribution in [0.4, 0.5) is 4.39 Å². The van der Waals surface area contributed by atoms with Gasteiger partial charge in [0.15, 0.2) is 0 Å². The van der Waals surface area contributed by atoms with Crippen molar-refractivity contribution in [3.8, 4) is 0 Å². The number of nitrogens with one attached hydrogen (secondary N) is 1. The minimum Gasteiger partial charge on any atom is -0.271 e. The molecule has 0 saturated carbocycles. The molecular formula is C12H17FN2S. The standard InChI is InChI=1S/C12H17FN2S/c13-10-4-1-3-9(7-10)8-11(15-14)12-5-2-6-16-12/h1,3-4,7,11-12,15H,2,5-6,8,14H2. The highest BCUT2D eigenvalue weighted by atomic mass is 32.2. The lowest BCUT2D eigenvalue weighted by Gasteiger charge is -2.21. The monoisotopic (exact) mass is 240 g/mol. The van der Waals surface area contributed by atoms with E-state index in [1.165, 1.54) is 24.7 Å². The Labute approximate surface area is 99.8 Å². The Morgan fingerprint density at radius 1 is 1.56 bits per heavy atom. The lowest BCUT2D eigenvalue weighted by atomic mass is 10.0. The second kappa shape index (κ2) is 5.66. The summed E-state index contributed by atoms with van der Waals surface area (Å²) in [6.07, 6.45) is 3.26. The topological polar surface area (TPSA) is 38.0 Å². The first-order valence-corrected chi connectivity index (χ1v) is 6.66. The van der Waals surface area contributed by atoms with Gasteiger partial charge in [-0.15, -0.1) is 0 Å². The van der Waals surface area contributed by atoms with Gasteiger partial charge in [-0.25, -0.2) is 4.39 Å². The van der Waals surface area contributed by atoms with Crippen molar-refractivity contribution in [1.82, 2.24) is 5.43 Å². The highest BCUT2D eigenvalue weighted by Gasteiger charge is 2.24. The van der Waals surface area contributed by atoms with Gasteiger partial charge in [0.05, 0.1) is 0 Å². The molecule has 1 heterocycles. The maximum absolute atomic E-state index is 13.0. The van der Waals surface area contributed by atoms with E-state index in [-0.39, 0.29) is 11.9 Å². The SMILES string of the molecule is NNC(Cc1cccc(F)c1)C1CCCS1. The van der Waals surface area contributed by atoms with Crippen LogP contribution in [0.25, 0.3) is 0 Å². The molecule has 1 aromatic rings. The van der Waals surface area contributed by atoms with Crippen LogP contribution >= 0.6 is 11.8 Å². The Morgan fingerprint density at radius 2 is 2.44 bits per heavy atom. The van der Waals surface area contributed by atoms with Gasteiger partial charge in [0.25, 0.3) is 0 Å². The first-order chi connectivity index (χ1) is 7.79. The number of hydrogen-bond acceptors (Lipinski definition) is 3. The molecule has 88 valence electrons. The van der Waals surface area contributed by atoms with E-state index in [2.05, 4.69) is 5.43 Å². The Hall–Kier alpha value is -0.580. The van der Waals surface area contributed by atoms with Gasteiger partial charge in [0.2, 0.25) is 0 Å².